The number of carbonyl (C=O) groups excluding carboxylic acids is 3. The zero-order valence-corrected chi connectivity index (χ0v) is 16.8. The van der Waals surface area contributed by atoms with E-state index in [-0.39, 0.29) is 23.9 Å². The lowest BCUT2D eigenvalue weighted by Crippen LogP contribution is -2.21. The highest BCUT2D eigenvalue weighted by Gasteiger charge is 2.14. The molecule has 7 nitrogen and oxygen atoms in total. The van der Waals surface area contributed by atoms with Crippen molar-refractivity contribution in [3.8, 4) is 11.5 Å². The number of esters is 1. The second kappa shape index (κ2) is 10.8. The van der Waals surface area contributed by atoms with Gasteiger partial charge < -0.3 is 19.5 Å². The van der Waals surface area contributed by atoms with Gasteiger partial charge in [0.1, 0.15) is 11.5 Å². The minimum absolute atomic E-state index is 0.0483. The highest BCUT2D eigenvalue weighted by molar-refractivity contribution is 5.99. The largest absolute Gasteiger partial charge is 0.497 e. The topological polar surface area (TPSA) is 90.9 Å². The molecule has 2 aromatic rings. The predicted octanol–water partition coefficient (Wildman–Crippen LogP) is 2.81. The van der Waals surface area contributed by atoms with Crippen molar-refractivity contribution in [3.05, 3.63) is 59.2 Å². The van der Waals surface area contributed by atoms with Crippen LogP contribution in [0.15, 0.2) is 42.5 Å². The Morgan fingerprint density at radius 3 is 2.07 bits per heavy atom. The van der Waals surface area contributed by atoms with Gasteiger partial charge in [-0.1, -0.05) is 24.3 Å². The van der Waals surface area contributed by atoms with Crippen LogP contribution in [-0.4, -0.2) is 45.0 Å². The minimum atomic E-state index is -0.634. The number of amides is 1. The fraction of sp³-hybridized carbons (Fsp3) is 0.318. The number of carbonyl (C=O) groups is 3. The molecule has 2 aromatic carbocycles. The summed E-state index contributed by atoms with van der Waals surface area (Å²) < 4.78 is 15.4. The van der Waals surface area contributed by atoms with Crippen molar-refractivity contribution in [2.45, 2.75) is 19.8 Å². The summed E-state index contributed by atoms with van der Waals surface area (Å²) in [6.07, 6.45) is 1.61. The third kappa shape index (κ3) is 6.95. The van der Waals surface area contributed by atoms with E-state index in [1.54, 1.807) is 18.2 Å². The van der Waals surface area contributed by atoms with Crippen LogP contribution in [0, 0.1) is 0 Å². The maximum absolute atomic E-state index is 12.3. The van der Waals surface area contributed by atoms with Crippen LogP contribution in [-0.2, 0) is 16.0 Å². The average Bonchev–Trinajstić information content (AvgIpc) is 2.74. The molecule has 0 heterocycles. The zero-order valence-electron chi connectivity index (χ0n) is 16.8. The van der Waals surface area contributed by atoms with E-state index in [0.717, 1.165) is 18.4 Å². The molecule has 0 atom stereocenters. The van der Waals surface area contributed by atoms with Crippen LogP contribution in [0.25, 0.3) is 0 Å². The highest BCUT2D eigenvalue weighted by atomic mass is 16.5. The van der Waals surface area contributed by atoms with Crippen LogP contribution >= 0.6 is 0 Å². The molecular formula is C22H25NO6. The Hall–Kier alpha value is -3.35. The summed E-state index contributed by atoms with van der Waals surface area (Å²) in [7, 11) is 2.97. The van der Waals surface area contributed by atoms with Crippen molar-refractivity contribution < 1.29 is 28.6 Å². The van der Waals surface area contributed by atoms with E-state index in [1.807, 2.05) is 12.1 Å². The van der Waals surface area contributed by atoms with E-state index in [4.69, 9.17) is 14.2 Å². The van der Waals surface area contributed by atoms with E-state index in [9.17, 15) is 14.4 Å². The molecule has 0 unspecified atom stereocenters. The fourth-order valence-electron chi connectivity index (χ4n) is 2.64. The number of benzene rings is 2. The Kier molecular flexibility index (Phi) is 8.21. The molecule has 154 valence electrons. The van der Waals surface area contributed by atoms with Gasteiger partial charge in [-0.25, -0.2) is 4.79 Å². The first-order chi connectivity index (χ1) is 13.9. The van der Waals surface area contributed by atoms with Gasteiger partial charge in [-0.05, 0) is 30.5 Å². The molecule has 2 rings (SSSR count). The molecule has 0 fully saturated rings. The molecule has 0 bridgehead atoms. The number of nitrogens with one attached hydrogen (secondary N) is 1. The summed E-state index contributed by atoms with van der Waals surface area (Å²) in [4.78, 5) is 35.4. The number of hydrogen-bond acceptors (Lipinski definition) is 6. The predicted molar refractivity (Wildman–Crippen MR) is 108 cm³/mol. The Labute approximate surface area is 170 Å². The van der Waals surface area contributed by atoms with Crippen LogP contribution in [0.4, 0.5) is 0 Å². The summed E-state index contributed by atoms with van der Waals surface area (Å²) in [6, 6.07) is 11.8. The molecule has 0 aliphatic carbocycles. The second-order valence-corrected chi connectivity index (χ2v) is 6.38. The fourth-order valence-corrected chi connectivity index (χ4v) is 2.64. The molecule has 0 aromatic heterocycles. The average molecular weight is 399 g/mol. The third-order valence-corrected chi connectivity index (χ3v) is 4.21. The smallest absolute Gasteiger partial charge is 0.338 e. The number of methoxy groups -OCH3 is 2. The third-order valence-electron chi connectivity index (χ3n) is 4.21. The monoisotopic (exact) mass is 399 g/mol. The number of hydrogen-bond donors (Lipinski definition) is 1. The standard InChI is InChI=1S/C22H25NO6/c1-15(24)23-10-4-5-16-6-8-17(9-7-16)21(25)14-29-22(26)18-11-19(27-2)13-20(12-18)28-3/h6-9,11-13H,4-5,10,14H2,1-3H3,(H,23,24). The van der Waals surface area contributed by atoms with Gasteiger partial charge in [0.15, 0.2) is 12.4 Å². The molecule has 1 N–H and O–H groups in total. The van der Waals surface area contributed by atoms with Crippen LogP contribution in [0.2, 0.25) is 0 Å². The molecule has 0 spiro atoms. The van der Waals surface area contributed by atoms with E-state index in [1.165, 1.54) is 33.3 Å². The molecule has 7 heteroatoms. The van der Waals surface area contributed by atoms with Crippen molar-refractivity contribution in [2.24, 2.45) is 0 Å². The molecule has 1 amide bonds. The van der Waals surface area contributed by atoms with Gasteiger partial charge in [-0.15, -0.1) is 0 Å². The summed E-state index contributed by atoms with van der Waals surface area (Å²) in [6.45, 7) is 1.74. The van der Waals surface area contributed by atoms with Crippen molar-refractivity contribution in [2.75, 3.05) is 27.4 Å². The Bertz CT molecular complexity index is 838. The van der Waals surface area contributed by atoms with Crippen LogP contribution in [0.5, 0.6) is 11.5 Å². The summed E-state index contributed by atoms with van der Waals surface area (Å²) in [5.74, 6) is -0.0653. The van der Waals surface area contributed by atoms with E-state index >= 15 is 0 Å². The molecule has 0 saturated carbocycles. The molecule has 0 radical (unpaired) electrons. The Morgan fingerprint density at radius 1 is 0.897 bits per heavy atom. The van der Waals surface area contributed by atoms with E-state index in [0.29, 0.717) is 23.6 Å². The Morgan fingerprint density at radius 2 is 1.52 bits per heavy atom. The van der Waals surface area contributed by atoms with Crippen molar-refractivity contribution in [1.82, 2.24) is 5.32 Å². The number of ether oxygens (including phenoxy) is 3. The lowest BCUT2D eigenvalue weighted by Gasteiger charge is -2.09. The van der Waals surface area contributed by atoms with Gasteiger partial charge in [0.05, 0.1) is 19.8 Å². The van der Waals surface area contributed by atoms with Crippen LogP contribution < -0.4 is 14.8 Å². The first-order valence-electron chi connectivity index (χ1n) is 9.19. The first-order valence-corrected chi connectivity index (χ1v) is 9.19. The summed E-state index contributed by atoms with van der Waals surface area (Å²) >= 11 is 0. The molecule has 0 saturated heterocycles. The van der Waals surface area contributed by atoms with Gasteiger partial charge in [0.2, 0.25) is 5.91 Å². The summed E-state index contributed by atoms with van der Waals surface area (Å²) in [5, 5.41) is 2.74. The summed E-state index contributed by atoms with van der Waals surface area (Å²) in [5.41, 5.74) is 1.77. The quantitative estimate of drug-likeness (QED) is 0.375. The SMILES string of the molecule is COc1cc(OC)cc(C(=O)OCC(=O)c2ccc(CCCNC(C)=O)cc2)c1. The second-order valence-electron chi connectivity index (χ2n) is 6.38. The lowest BCUT2D eigenvalue weighted by molar-refractivity contribution is -0.118. The lowest BCUT2D eigenvalue weighted by atomic mass is 10.1. The van der Waals surface area contributed by atoms with Crippen molar-refractivity contribution in [3.63, 3.8) is 0 Å². The van der Waals surface area contributed by atoms with Gasteiger partial charge >= 0.3 is 5.97 Å². The Balaban J connectivity index is 1.88. The van der Waals surface area contributed by atoms with Crippen LogP contribution in [0.1, 0.15) is 39.6 Å². The first kappa shape index (κ1) is 21.9. The van der Waals surface area contributed by atoms with Gasteiger partial charge in [-0.2, -0.15) is 0 Å². The number of Topliss-reactive ketones (excluding diaryl/α,β-unsaturated/α-hetero) is 1. The van der Waals surface area contributed by atoms with E-state index < -0.39 is 5.97 Å². The number of ketones is 1. The molecule has 0 aliphatic heterocycles. The zero-order chi connectivity index (χ0) is 21.2. The molecular weight excluding hydrogens is 374 g/mol. The van der Waals surface area contributed by atoms with Gasteiger partial charge in [-0.3, -0.25) is 9.59 Å². The van der Waals surface area contributed by atoms with Gasteiger partial charge in [0.25, 0.3) is 0 Å². The van der Waals surface area contributed by atoms with E-state index in [2.05, 4.69) is 5.32 Å². The minimum Gasteiger partial charge on any atom is -0.497 e. The number of aryl methyl sites for hydroxylation is 1. The van der Waals surface area contributed by atoms with Gasteiger partial charge in [0, 0.05) is 25.1 Å². The van der Waals surface area contributed by atoms with Crippen LogP contribution in [0.3, 0.4) is 0 Å². The van der Waals surface area contributed by atoms with Crippen molar-refractivity contribution >= 4 is 17.7 Å². The normalized spacial score (nSPS) is 10.2. The molecule has 29 heavy (non-hydrogen) atoms. The van der Waals surface area contributed by atoms with Crippen molar-refractivity contribution in [1.29, 1.82) is 0 Å². The highest BCUT2D eigenvalue weighted by Crippen LogP contribution is 2.23. The number of rotatable bonds is 10. The maximum atomic E-state index is 12.3. The maximum Gasteiger partial charge on any atom is 0.338 e. The molecule has 0 aliphatic rings.